The van der Waals surface area contributed by atoms with Crippen molar-refractivity contribution >= 4 is 40.6 Å². The maximum absolute atomic E-state index is 13.1. The summed E-state index contributed by atoms with van der Waals surface area (Å²) in [5.74, 6) is 2.14. The first-order valence-corrected chi connectivity index (χ1v) is 14.0. The monoisotopic (exact) mass is 554 g/mol. The van der Waals surface area contributed by atoms with Gasteiger partial charge in [-0.2, -0.15) is 0 Å². The molecule has 4 aromatic rings. The molecule has 10 heteroatoms. The van der Waals surface area contributed by atoms with Gasteiger partial charge in [-0.3, -0.25) is 4.79 Å². The van der Waals surface area contributed by atoms with E-state index in [-0.39, 0.29) is 11.8 Å². The Morgan fingerprint density at radius 2 is 1.45 bits per heavy atom. The number of piperazine rings is 1. The number of carbonyl (C=O) groups excluding carboxylic acids is 1. The lowest BCUT2D eigenvalue weighted by molar-refractivity contribution is -0.120. The van der Waals surface area contributed by atoms with Crippen LogP contribution in [0.5, 0.6) is 0 Å². The molecule has 0 unspecified atom stereocenters. The van der Waals surface area contributed by atoms with Crippen molar-refractivity contribution in [2.75, 3.05) is 59.3 Å². The molecule has 40 heavy (non-hydrogen) atoms. The van der Waals surface area contributed by atoms with Crippen LogP contribution in [0.15, 0.2) is 79.1 Å². The van der Waals surface area contributed by atoms with Crippen LogP contribution in [-0.2, 0) is 4.79 Å². The smallest absolute Gasteiger partial charge is 0.228 e. The van der Waals surface area contributed by atoms with Gasteiger partial charge < -0.3 is 20.0 Å². The first-order chi connectivity index (χ1) is 19.6. The highest BCUT2D eigenvalue weighted by Crippen LogP contribution is 2.26. The molecule has 0 spiro atoms. The summed E-state index contributed by atoms with van der Waals surface area (Å²) >= 11 is 5.99. The van der Waals surface area contributed by atoms with Gasteiger partial charge in [0, 0.05) is 67.5 Å². The fourth-order valence-electron chi connectivity index (χ4n) is 5.29. The number of hydrogen-bond donors (Lipinski definition) is 1. The summed E-state index contributed by atoms with van der Waals surface area (Å²) in [5.41, 5.74) is 3.02. The summed E-state index contributed by atoms with van der Waals surface area (Å²) in [5, 5.41) is 12.5. The Hall–Kier alpha value is -4.24. The highest BCUT2D eigenvalue weighted by Gasteiger charge is 2.26. The number of benzene rings is 2. The molecule has 2 aromatic carbocycles. The SMILES string of the molecule is O=C(Nc1cc(N2CCN(c3ccccc3)CC2)ncn1)C1CCN(c2ccc(-c3ccc(Cl)cc3)nn2)CC1. The van der Waals surface area contributed by atoms with Crippen LogP contribution in [0.4, 0.5) is 23.1 Å². The molecule has 1 amide bonds. The number of nitrogens with one attached hydrogen (secondary N) is 1. The number of nitrogens with zero attached hydrogens (tertiary/aromatic N) is 7. The minimum Gasteiger partial charge on any atom is -0.368 e. The standard InChI is InChI=1S/C30H31ClN8O/c31-24-8-6-22(7-9-24)26-10-11-28(36-35-26)38-14-12-23(13-15-38)30(40)34-27-20-29(33-21-32-27)39-18-16-37(17-19-39)25-4-2-1-3-5-25/h1-11,20-21,23H,12-19H2,(H,32,33,34,40). The van der Waals surface area contributed by atoms with Crippen molar-refractivity contribution in [1.29, 1.82) is 0 Å². The molecule has 2 aliphatic rings. The Labute approximate surface area is 238 Å². The van der Waals surface area contributed by atoms with Gasteiger partial charge in [0.1, 0.15) is 18.0 Å². The summed E-state index contributed by atoms with van der Waals surface area (Å²) in [6.45, 7) is 5.05. The average Bonchev–Trinajstić information content (AvgIpc) is 3.02. The zero-order valence-electron chi connectivity index (χ0n) is 22.2. The van der Waals surface area contributed by atoms with Crippen LogP contribution in [0.1, 0.15) is 12.8 Å². The van der Waals surface area contributed by atoms with Gasteiger partial charge >= 0.3 is 0 Å². The Bertz CT molecular complexity index is 1420. The summed E-state index contributed by atoms with van der Waals surface area (Å²) < 4.78 is 0. The van der Waals surface area contributed by atoms with Gasteiger partial charge in [-0.05, 0) is 49.2 Å². The topological polar surface area (TPSA) is 90.4 Å². The lowest BCUT2D eigenvalue weighted by Crippen LogP contribution is -2.46. The van der Waals surface area contributed by atoms with Gasteiger partial charge in [-0.25, -0.2) is 9.97 Å². The second-order valence-corrected chi connectivity index (χ2v) is 10.5. The van der Waals surface area contributed by atoms with Crippen molar-refractivity contribution in [2.24, 2.45) is 5.92 Å². The van der Waals surface area contributed by atoms with E-state index in [9.17, 15) is 4.79 Å². The fourth-order valence-corrected chi connectivity index (χ4v) is 5.41. The lowest BCUT2D eigenvalue weighted by Gasteiger charge is -2.36. The molecular weight excluding hydrogens is 524 g/mol. The van der Waals surface area contributed by atoms with Crippen molar-refractivity contribution in [3.63, 3.8) is 0 Å². The number of hydrogen-bond acceptors (Lipinski definition) is 8. The number of aromatic nitrogens is 4. The lowest BCUT2D eigenvalue weighted by atomic mass is 9.96. The maximum atomic E-state index is 13.1. The average molecular weight is 555 g/mol. The number of para-hydroxylation sites is 1. The molecule has 2 aliphatic heterocycles. The van der Waals surface area contributed by atoms with E-state index in [1.165, 1.54) is 12.0 Å². The summed E-state index contributed by atoms with van der Waals surface area (Å²) in [6, 6.07) is 23.9. The van der Waals surface area contributed by atoms with Crippen molar-refractivity contribution in [3.8, 4) is 11.3 Å². The van der Waals surface area contributed by atoms with Gasteiger partial charge in [-0.15, -0.1) is 10.2 Å². The number of rotatable bonds is 6. The summed E-state index contributed by atoms with van der Waals surface area (Å²) in [7, 11) is 0. The highest BCUT2D eigenvalue weighted by atomic mass is 35.5. The van der Waals surface area contributed by atoms with E-state index in [2.05, 4.69) is 64.4 Å². The normalized spacial score (nSPS) is 16.2. The third kappa shape index (κ3) is 5.99. The molecule has 204 valence electrons. The molecule has 1 N–H and O–H groups in total. The van der Waals surface area contributed by atoms with Crippen LogP contribution in [0, 0.1) is 5.92 Å². The number of amides is 1. The van der Waals surface area contributed by atoms with Crippen LogP contribution in [0.25, 0.3) is 11.3 Å². The first-order valence-electron chi connectivity index (χ1n) is 13.6. The van der Waals surface area contributed by atoms with Crippen LogP contribution >= 0.6 is 11.6 Å². The maximum Gasteiger partial charge on any atom is 0.228 e. The van der Waals surface area contributed by atoms with E-state index in [1.807, 2.05) is 48.5 Å². The van der Waals surface area contributed by atoms with Crippen LogP contribution in [0.2, 0.25) is 5.02 Å². The van der Waals surface area contributed by atoms with Crippen molar-refractivity contribution in [2.45, 2.75) is 12.8 Å². The van der Waals surface area contributed by atoms with Gasteiger partial charge in [0.15, 0.2) is 5.82 Å². The zero-order chi connectivity index (χ0) is 27.3. The van der Waals surface area contributed by atoms with E-state index in [4.69, 9.17) is 11.6 Å². The van der Waals surface area contributed by atoms with Crippen molar-refractivity contribution < 1.29 is 4.79 Å². The molecule has 0 radical (unpaired) electrons. The summed E-state index contributed by atoms with van der Waals surface area (Å²) in [4.78, 5) is 28.7. The Balaban J connectivity index is 1.00. The third-order valence-electron chi connectivity index (χ3n) is 7.61. The molecule has 0 bridgehead atoms. The molecule has 2 saturated heterocycles. The Kier molecular flexibility index (Phi) is 7.72. The molecule has 4 heterocycles. The predicted molar refractivity (Wildman–Crippen MR) is 159 cm³/mol. The largest absolute Gasteiger partial charge is 0.368 e. The number of piperidine rings is 1. The number of carbonyl (C=O) groups is 1. The van der Waals surface area contributed by atoms with Gasteiger partial charge in [0.2, 0.25) is 5.91 Å². The van der Waals surface area contributed by atoms with Crippen molar-refractivity contribution in [1.82, 2.24) is 20.2 Å². The third-order valence-corrected chi connectivity index (χ3v) is 7.86. The fraction of sp³-hybridized carbons (Fsp3) is 0.300. The van der Waals surface area contributed by atoms with E-state index in [0.717, 1.165) is 75.0 Å². The minimum atomic E-state index is -0.0783. The number of anilines is 4. The molecule has 0 atom stereocenters. The van der Waals surface area contributed by atoms with Gasteiger partial charge in [-0.1, -0.05) is 41.9 Å². The van der Waals surface area contributed by atoms with Gasteiger partial charge in [0.25, 0.3) is 0 Å². The second kappa shape index (κ2) is 11.9. The molecule has 2 aromatic heterocycles. The van der Waals surface area contributed by atoms with Crippen LogP contribution in [-0.4, -0.2) is 65.3 Å². The first kappa shape index (κ1) is 26.0. The quantitative estimate of drug-likeness (QED) is 0.364. The molecular formula is C30H31ClN8O. The van der Waals surface area contributed by atoms with Crippen molar-refractivity contribution in [3.05, 3.63) is 84.1 Å². The Morgan fingerprint density at radius 3 is 2.15 bits per heavy atom. The van der Waals surface area contributed by atoms with Crippen LogP contribution in [0.3, 0.4) is 0 Å². The molecule has 0 saturated carbocycles. The Morgan fingerprint density at radius 1 is 0.750 bits per heavy atom. The summed E-state index contributed by atoms with van der Waals surface area (Å²) in [6.07, 6.45) is 3.02. The number of halogens is 1. The van der Waals surface area contributed by atoms with E-state index in [0.29, 0.717) is 10.8 Å². The van der Waals surface area contributed by atoms with E-state index >= 15 is 0 Å². The molecule has 2 fully saturated rings. The molecule has 9 nitrogen and oxygen atoms in total. The highest BCUT2D eigenvalue weighted by molar-refractivity contribution is 6.30. The minimum absolute atomic E-state index is 0.00219. The van der Waals surface area contributed by atoms with Crippen LogP contribution < -0.4 is 20.0 Å². The van der Waals surface area contributed by atoms with E-state index < -0.39 is 0 Å². The predicted octanol–water partition coefficient (Wildman–Crippen LogP) is 4.77. The zero-order valence-corrected chi connectivity index (χ0v) is 22.9. The molecule has 0 aliphatic carbocycles. The van der Waals surface area contributed by atoms with Gasteiger partial charge in [0.05, 0.1) is 5.69 Å². The second-order valence-electron chi connectivity index (χ2n) is 10.1. The van der Waals surface area contributed by atoms with E-state index in [1.54, 1.807) is 0 Å². The molecule has 6 rings (SSSR count).